The summed E-state index contributed by atoms with van der Waals surface area (Å²) < 4.78 is 2.69. The second-order valence-electron chi connectivity index (χ2n) is 3.58. The molecule has 0 bridgehead atoms. The number of aromatic nitrogens is 2. The van der Waals surface area contributed by atoms with Gasteiger partial charge in [-0.1, -0.05) is 12.1 Å². The van der Waals surface area contributed by atoms with Crippen molar-refractivity contribution in [3.05, 3.63) is 43.5 Å². The fourth-order valence-electron chi connectivity index (χ4n) is 1.87. The largest absolute Gasteiger partial charge is 0.307 e. The van der Waals surface area contributed by atoms with Crippen LogP contribution in [0.15, 0.2) is 29.1 Å². The molecule has 2 aromatic heterocycles. The molecule has 0 amide bonds. The zero-order valence-electron chi connectivity index (χ0n) is 8.48. The molecule has 1 N–H and O–H groups in total. The summed E-state index contributed by atoms with van der Waals surface area (Å²) in [5, 5.41) is 0.670. The Morgan fingerprint density at radius 2 is 2.12 bits per heavy atom. The molecule has 16 heavy (non-hydrogen) atoms. The molecule has 0 unspecified atom stereocenters. The van der Waals surface area contributed by atoms with Crippen molar-refractivity contribution in [3.8, 4) is 0 Å². The molecular weight excluding hydrogens is 240 g/mol. The molecule has 3 rings (SSSR count). The van der Waals surface area contributed by atoms with Crippen LogP contribution in [-0.4, -0.2) is 9.38 Å². The molecule has 1 aromatic carbocycles. The molecule has 0 atom stereocenters. The van der Waals surface area contributed by atoms with Crippen molar-refractivity contribution in [1.29, 1.82) is 0 Å². The van der Waals surface area contributed by atoms with E-state index in [-0.39, 0.29) is 5.56 Å². The molecule has 0 aliphatic heterocycles. The van der Waals surface area contributed by atoms with Crippen LogP contribution in [0, 0.1) is 10.9 Å². The third-order valence-electron chi connectivity index (χ3n) is 2.60. The van der Waals surface area contributed by atoms with Gasteiger partial charge in [0.05, 0.1) is 10.9 Å². The molecule has 0 aliphatic carbocycles. The summed E-state index contributed by atoms with van der Waals surface area (Å²) in [5.41, 5.74) is 1.61. The Bertz CT molecular complexity index is 810. The summed E-state index contributed by atoms with van der Waals surface area (Å²) in [4.78, 5) is 15.8. The van der Waals surface area contributed by atoms with Crippen LogP contribution in [0.5, 0.6) is 0 Å². The van der Waals surface area contributed by atoms with E-state index in [0.717, 1.165) is 20.0 Å². The van der Waals surface area contributed by atoms with Crippen molar-refractivity contribution in [2.24, 2.45) is 0 Å². The van der Waals surface area contributed by atoms with Gasteiger partial charge in [0.15, 0.2) is 3.95 Å². The summed E-state index contributed by atoms with van der Waals surface area (Å²) in [6, 6.07) is 7.49. The normalized spacial score (nSPS) is 11.3. The lowest BCUT2D eigenvalue weighted by Crippen LogP contribution is -2.09. The zero-order valence-corrected chi connectivity index (χ0v) is 10.1. The van der Waals surface area contributed by atoms with Crippen LogP contribution >= 0.6 is 23.6 Å². The quantitative estimate of drug-likeness (QED) is 0.621. The molecule has 3 aromatic rings. The predicted octanol–water partition coefficient (Wildman–Crippen LogP) is 2.88. The van der Waals surface area contributed by atoms with E-state index < -0.39 is 0 Å². The van der Waals surface area contributed by atoms with Gasteiger partial charge in [-0.2, -0.15) is 0 Å². The van der Waals surface area contributed by atoms with Gasteiger partial charge >= 0.3 is 0 Å². The van der Waals surface area contributed by atoms with E-state index >= 15 is 0 Å². The van der Waals surface area contributed by atoms with Crippen LogP contribution in [0.2, 0.25) is 0 Å². The second-order valence-corrected chi connectivity index (χ2v) is 5.43. The van der Waals surface area contributed by atoms with Gasteiger partial charge in [0.25, 0.3) is 5.56 Å². The highest BCUT2D eigenvalue weighted by Gasteiger charge is 2.08. The van der Waals surface area contributed by atoms with Crippen LogP contribution in [0.4, 0.5) is 0 Å². The highest BCUT2D eigenvalue weighted by atomic mass is 32.1. The van der Waals surface area contributed by atoms with Crippen molar-refractivity contribution in [2.75, 3.05) is 0 Å². The van der Waals surface area contributed by atoms with Crippen LogP contribution in [0.25, 0.3) is 16.6 Å². The number of aromatic amines is 1. The average Bonchev–Trinajstić information content (AvgIpc) is 2.55. The molecule has 3 nitrogen and oxygen atoms in total. The van der Waals surface area contributed by atoms with Gasteiger partial charge in [-0.3, -0.25) is 9.20 Å². The molecule has 0 saturated heterocycles. The van der Waals surface area contributed by atoms with E-state index in [9.17, 15) is 4.79 Å². The third kappa shape index (κ3) is 1.19. The molecule has 2 heterocycles. The number of thiazole rings is 1. The Morgan fingerprint density at radius 1 is 1.38 bits per heavy atom. The summed E-state index contributed by atoms with van der Waals surface area (Å²) >= 11 is 6.82. The van der Waals surface area contributed by atoms with Crippen LogP contribution in [0.3, 0.4) is 0 Å². The Balaban J connectivity index is 2.79. The van der Waals surface area contributed by atoms with Gasteiger partial charge in [-0.05, 0) is 31.3 Å². The minimum absolute atomic E-state index is 0.0634. The number of rotatable bonds is 0. The fourth-order valence-corrected chi connectivity index (χ4v) is 3.22. The highest BCUT2D eigenvalue weighted by molar-refractivity contribution is 7.73. The number of para-hydroxylation sites is 1. The van der Waals surface area contributed by atoms with Gasteiger partial charge in [0.1, 0.15) is 5.65 Å². The molecule has 0 spiro atoms. The smallest absolute Gasteiger partial charge is 0.258 e. The number of aryl methyl sites for hydroxylation is 1. The zero-order chi connectivity index (χ0) is 11.3. The van der Waals surface area contributed by atoms with Crippen molar-refractivity contribution in [2.45, 2.75) is 6.92 Å². The van der Waals surface area contributed by atoms with E-state index in [4.69, 9.17) is 12.2 Å². The minimum Gasteiger partial charge on any atom is -0.307 e. The van der Waals surface area contributed by atoms with Gasteiger partial charge in [0, 0.05) is 4.88 Å². The van der Waals surface area contributed by atoms with E-state index in [1.165, 1.54) is 11.3 Å². The van der Waals surface area contributed by atoms with E-state index in [1.54, 1.807) is 0 Å². The third-order valence-corrected chi connectivity index (χ3v) is 3.89. The number of hydrogen-bond donors (Lipinski definition) is 1. The number of nitrogens with zero attached hydrogens (tertiary/aromatic N) is 1. The van der Waals surface area contributed by atoms with Gasteiger partial charge < -0.3 is 4.98 Å². The summed E-state index contributed by atoms with van der Waals surface area (Å²) in [5.74, 6) is 0. The maximum atomic E-state index is 11.9. The predicted molar refractivity (Wildman–Crippen MR) is 69.0 cm³/mol. The first-order valence-electron chi connectivity index (χ1n) is 4.81. The monoisotopic (exact) mass is 248 g/mol. The number of nitrogens with one attached hydrogen (secondary N) is 1. The number of H-pyrrole nitrogens is 1. The number of hydrogen-bond acceptors (Lipinski definition) is 3. The Morgan fingerprint density at radius 3 is 2.94 bits per heavy atom. The van der Waals surface area contributed by atoms with E-state index in [1.807, 2.05) is 35.6 Å². The first-order valence-corrected chi connectivity index (χ1v) is 6.04. The molecular formula is C11H8N2OS2. The molecule has 0 saturated carbocycles. The van der Waals surface area contributed by atoms with Gasteiger partial charge in [0.2, 0.25) is 0 Å². The fraction of sp³-hybridized carbons (Fsp3) is 0.0909. The van der Waals surface area contributed by atoms with Crippen LogP contribution in [0.1, 0.15) is 4.88 Å². The average molecular weight is 248 g/mol. The SMILES string of the molecule is Cc1sc(=S)n2c1[nH]c(=O)c1ccccc12. The Labute approximate surface area is 100.0 Å². The molecule has 0 radical (unpaired) electrons. The van der Waals surface area contributed by atoms with Crippen molar-refractivity contribution < 1.29 is 0 Å². The number of fused-ring (bicyclic) bond motifs is 3. The summed E-state index contributed by atoms with van der Waals surface area (Å²) in [7, 11) is 0. The standard InChI is InChI=1S/C11H8N2OS2/c1-6-9-12-10(14)7-4-2-3-5-8(7)13(9)11(15)16-6/h2-5H,1H3,(H,12,14). The highest BCUT2D eigenvalue weighted by Crippen LogP contribution is 2.20. The van der Waals surface area contributed by atoms with Crippen molar-refractivity contribution in [1.82, 2.24) is 9.38 Å². The summed E-state index contributed by atoms with van der Waals surface area (Å²) in [6.45, 7) is 1.96. The van der Waals surface area contributed by atoms with Crippen LogP contribution < -0.4 is 5.56 Å². The molecule has 80 valence electrons. The van der Waals surface area contributed by atoms with Gasteiger partial charge in [-0.15, -0.1) is 11.3 Å². The molecule has 0 aliphatic rings. The lowest BCUT2D eigenvalue weighted by molar-refractivity contribution is 1.15. The van der Waals surface area contributed by atoms with Crippen LogP contribution in [-0.2, 0) is 0 Å². The lowest BCUT2D eigenvalue weighted by atomic mass is 10.2. The van der Waals surface area contributed by atoms with Gasteiger partial charge in [-0.25, -0.2) is 0 Å². The second kappa shape index (κ2) is 3.26. The maximum Gasteiger partial charge on any atom is 0.258 e. The first-order chi connectivity index (χ1) is 7.68. The van der Waals surface area contributed by atoms with E-state index in [0.29, 0.717) is 5.39 Å². The first kappa shape index (κ1) is 9.74. The summed E-state index contributed by atoms with van der Waals surface area (Å²) in [6.07, 6.45) is 0. The topological polar surface area (TPSA) is 37.3 Å². The molecule has 0 fully saturated rings. The Kier molecular flexibility index (Phi) is 1.99. The Hall–Kier alpha value is -1.46. The maximum absolute atomic E-state index is 11.9. The van der Waals surface area contributed by atoms with Crippen molar-refractivity contribution in [3.63, 3.8) is 0 Å². The number of benzene rings is 1. The van der Waals surface area contributed by atoms with Crippen molar-refractivity contribution >= 4 is 40.1 Å². The molecule has 5 heteroatoms. The minimum atomic E-state index is -0.0634. The lowest BCUT2D eigenvalue weighted by Gasteiger charge is -2.01. The van der Waals surface area contributed by atoms with E-state index in [2.05, 4.69) is 4.98 Å².